The minimum atomic E-state index is -0.194. The molecule has 3 aromatic rings. The van der Waals surface area contributed by atoms with E-state index in [2.05, 4.69) is 28.0 Å². The summed E-state index contributed by atoms with van der Waals surface area (Å²) in [6.07, 6.45) is 1.85. The molecule has 0 fully saturated rings. The van der Waals surface area contributed by atoms with Crippen LogP contribution in [0.1, 0.15) is 10.4 Å². The molecule has 18 heavy (non-hydrogen) atoms. The van der Waals surface area contributed by atoms with Gasteiger partial charge in [-0.3, -0.25) is 4.99 Å². The third kappa shape index (κ3) is 2.00. The van der Waals surface area contributed by atoms with Gasteiger partial charge in [0.05, 0.1) is 16.7 Å². The number of aromatic amines is 2. The predicted molar refractivity (Wildman–Crippen MR) is 75.2 cm³/mol. The Bertz CT molecular complexity index is 779. The van der Waals surface area contributed by atoms with E-state index in [4.69, 9.17) is 0 Å². The van der Waals surface area contributed by atoms with Crippen LogP contribution < -0.4 is 5.69 Å². The maximum atomic E-state index is 11.1. The second-order valence-electron chi connectivity index (χ2n) is 4.04. The largest absolute Gasteiger partial charge is 0.323 e. The molecule has 0 spiro atoms. The van der Waals surface area contributed by atoms with Crippen LogP contribution >= 0.6 is 11.3 Å². The lowest BCUT2D eigenvalue weighted by atomic mass is 10.3. The smallest absolute Gasteiger partial charge is 0.306 e. The molecule has 0 saturated heterocycles. The van der Waals surface area contributed by atoms with Crippen molar-refractivity contribution in [2.75, 3.05) is 0 Å². The first-order chi connectivity index (χ1) is 8.72. The summed E-state index contributed by atoms with van der Waals surface area (Å²) in [7, 11) is 0. The van der Waals surface area contributed by atoms with Crippen molar-refractivity contribution in [3.63, 3.8) is 0 Å². The summed E-state index contributed by atoms with van der Waals surface area (Å²) < 4.78 is 0. The van der Waals surface area contributed by atoms with E-state index in [0.29, 0.717) is 0 Å². The van der Waals surface area contributed by atoms with Crippen LogP contribution in [0.4, 0.5) is 5.69 Å². The van der Waals surface area contributed by atoms with Crippen LogP contribution in [0.5, 0.6) is 0 Å². The molecule has 5 heteroatoms. The number of H-pyrrole nitrogens is 2. The standard InChI is InChI=1S/C13H11N3OS/c1-8-4-5-18-12(8)7-14-9-2-3-10-11(6-9)16-13(17)15-10/h2-7H,1H3,(H2,15,16,17). The first-order valence-electron chi connectivity index (χ1n) is 5.52. The highest BCUT2D eigenvalue weighted by Gasteiger charge is 1.99. The molecule has 0 radical (unpaired) electrons. The fourth-order valence-corrected chi connectivity index (χ4v) is 2.54. The van der Waals surface area contributed by atoms with E-state index in [-0.39, 0.29) is 5.69 Å². The average molecular weight is 257 g/mol. The van der Waals surface area contributed by atoms with Crippen molar-refractivity contribution in [3.05, 3.63) is 50.6 Å². The van der Waals surface area contributed by atoms with Crippen LogP contribution in [0.2, 0.25) is 0 Å². The van der Waals surface area contributed by atoms with Crippen molar-refractivity contribution in [1.29, 1.82) is 0 Å². The van der Waals surface area contributed by atoms with Crippen LogP contribution in [-0.4, -0.2) is 16.2 Å². The summed E-state index contributed by atoms with van der Waals surface area (Å²) in [4.78, 5) is 22.1. The highest BCUT2D eigenvalue weighted by Crippen LogP contribution is 2.19. The molecule has 1 aromatic carbocycles. The third-order valence-corrected chi connectivity index (χ3v) is 3.69. The van der Waals surface area contributed by atoms with Gasteiger partial charge in [0.15, 0.2) is 0 Å². The first-order valence-corrected chi connectivity index (χ1v) is 6.40. The van der Waals surface area contributed by atoms with E-state index >= 15 is 0 Å². The molecule has 0 aliphatic carbocycles. The number of nitrogens with one attached hydrogen (secondary N) is 2. The topological polar surface area (TPSA) is 61.0 Å². The number of aliphatic imine (C=N–C) groups is 1. The van der Waals surface area contributed by atoms with Gasteiger partial charge in [0.25, 0.3) is 0 Å². The van der Waals surface area contributed by atoms with Gasteiger partial charge in [-0.2, -0.15) is 0 Å². The van der Waals surface area contributed by atoms with Crippen molar-refractivity contribution in [1.82, 2.24) is 9.97 Å². The molecule has 0 saturated carbocycles. The Hall–Kier alpha value is -2.14. The molecule has 0 unspecified atom stereocenters. The number of imidazole rings is 1. The van der Waals surface area contributed by atoms with Crippen LogP contribution in [0, 0.1) is 6.92 Å². The number of nitrogens with zero attached hydrogens (tertiary/aromatic N) is 1. The number of fused-ring (bicyclic) bond motifs is 1. The second kappa shape index (κ2) is 4.27. The van der Waals surface area contributed by atoms with Gasteiger partial charge in [-0.25, -0.2) is 4.79 Å². The zero-order chi connectivity index (χ0) is 12.5. The second-order valence-corrected chi connectivity index (χ2v) is 4.98. The lowest BCUT2D eigenvalue weighted by molar-refractivity contribution is 1.21. The molecule has 2 heterocycles. The molecule has 0 aliphatic heterocycles. The fraction of sp³-hybridized carbons (Fsp3) is 0.0769. The number of thiophene rings is 1. The van der Waals surface area contributed by atoms with E-state index in [1.165, 1.54) is 5.56 Å². The molecule has 90 valence electrons. The minimum Gasteiger partial charge on any atom is -0.306 e. The van der Waals surface area contributed by atoms with Crippen molar-refractivity contribution < 1.29 is 0 Å². The molecule has 3 rings (SSSR count). The molecular weight excluding hydrogens is 246 g/mol. The van der Waals surface area contributed by atoms with Gasteiger partial charge in [-0.1, -0.05) is 0 Å². The summed E-state index contributed by atoms with van der Waals surface area (Å²) >= 11 is 1.66. The number of aromatic nitrogens is 2. The van der Waals surface area contributed by atoms with Crippen molar-refractivity contribution >= 4 is 34.3 Å². The van der Waals surface area contributed by atoms with Gasteiger partial charge in [-0.05, 0) is 42.1 Å². The lowest BCUT2D eigenvalue weighted by Gasteiger charge is -1.94. The van der Waals surface area contributed by atoms with Gasteiger partial charge in [0.2, 0.25) is 0 Å². The Balaban J connectivity index is 1.97. The van der Waals surface area contributed by atoms with Gasteiger partial charge in [-0.15, -0.1) is 11.3 Å². The Morgan fingerprint density at radius 3 is 2.83 bits per heavy atom. The summed E-state index contributed by atoms with van der Waals surface area (Å²) in [5.74, 6) is 0. The van der Waals surface area contributed by atoms with Crippen molar-refractivity contribution in [2.24, 2.45) is 4.99 Å². The summed E-state index contributed by atoms with van der Waals surface area (Å²) in [6.45, 7) is 2.06. The maximum Gasteiger partial charge on any atom is 0.323 e. The van der Waals surface area contributed by atoms with Gasteiger partial charge >= 0.3 is 5.69 Å². The predicted octanol–water partition coefficient (Wildman–Crippen LogP) is 2.98. The van der Waals surface area contributed by atoms with Crippen LogP contribution in [0.15, 0.2) is 39.4 Å². The van der Waals surface area contributed by atoms with E-state index < -0.39 is 0 Å². The number of benzene rings is 1. The first kappa shape index (κ1) is 11.0. The number of hydrogen-bond acceptors (Lipinski definition) is 3. The number of rotatable bonds is 2. The van der Waals surface area contributed by atoms with Gasteiger partial charge < -0.3 is 9.97 Å². The highest BCUT2D eigenvalue weighted by atomic mass is 32.1. The van der Waals surface area contributed by atoms with Gasteiger partial charge in [0, 0.05) is 11.1 Å². The van der Waals surface area contributed by atoms with Crippen LogP contribution in [0.25, 0.3) is 11.0 Å². The molecule has 0 atom stereocenters. The van der Waals surface area contributed by atoms with E-state index in [1.807, 2.05) is 29.8 Å². The Kier molecular flexibility index (Phi) is 2.60. The number of hydrogen-bond donors (Lipinski definition) is 2. The fourth-order valence-electron chi connectivity index (χ4n) is 1.75. The quantitative estimate of drug-likeness (QED) is 0.681. The molecule has 0 bridgehead atoms. The number of aryl methyl sites for hydroxylation is 1. The van der Waals surface area contributed by atoms with E-state index in [1.54, 1.807) is 11.3 Å². The van der Waals surface area contributed by atoms with Crippen molar-refractivity contribution in [3.8, 4) is 0 Å². The van der Waals surface area contributed by atoms with Gasteiger partial charge in [0.1, 0.15) is 0 Å². The molecule has 2 aromatic heterocycles. The Morgan fingerprint density at radius 2 is 2.06 bits per heavy atom. The minimum absolute atomic E-state index is 0.194. The summed E-state index contributed by atoms with van der Waals surface area (Å²) in [6, 6.07) is 7.65. The Morgan fingerprint density at radius 1 is 1.22 bits per heavy atom. The molecule has 2 N–H and O–H groups in total. The molecule has 0 aliphatic rings. The summed E-state index contributed by atoms with van der Waals surface area (Å²) in [5.41, 5.74) is 3.43. The molecule has 0 amide bonds. The van der Waals surface area contributed by atoms with Crippen molar-refractivity contribution in [2.45, 2.75) is 6.92 Å². The monoisotopic (exact) mass is 257 g/mol. The highest BCUT2D eigenvalue weighted by molar-refractivity contribution is 7.11. The van der Waals surface area contributed by atoms with Crippen LogP contribution in [0.3, 0.4) is 0 Å². The zero-order valence-electron chi connectivity index (χ0n) is 9.73. The Labute approximate surface area is 107 Å². The normalized spacial score (nSPS) is 11.6. The molecule has 4 nitrogen and oxygen atoms in total. The summed E-state index contributed by atoms with van der Waals surface area (Å²) in [5, 5.41) is 2.05. The zero-order valence-corrected chi connectivity index (χ0v) is 10.5. The third-order valence-electron chi connectivity index (χ3n) is 2.73. The molecular formula is C13H11N3OS. The van der Waals surface area contributed by atoms with Crippen LogP contribution in [-0.2, 0) is 0 Å². The maximum absolute atomic E-state index is 11.1. The van der Waals surface area contributed by atoms with E-state index in [0.717, 1.165) is 21.6 Å². The lowest BCUT2D eigenvalue weighted by Crippen LogP contribution is -1.99. The average Bonchev–Trinajstić information content (AvgIpc) is 2.90. The SMILES string of the molecule is Cc1ccsc1C=Nc1ccc2[nH]c(=O)[nH]c2c1. The van der Waals surface area contributed by atoms with E-state index in [9.17, 15) is 4.79 Å².